The molecule has 1 N–H and O–H groups in total. The van der Waals surface area contributed by atoms with Crippen molar-refractivity contribution in [2.24, 2.45) is 5.92 Å². The quantitative estimate of drug-likeness (QED) is 0.666. The first-order chi connectivity index (χ1) is 11.1. The van der Waals surface area contributed by atoms with Crippen molar-refractivity contribution in [3.05, 3.63) is 28.8 Å². The number of urea groups is 1. The molecule has 2 amide bonds. The zero-order valence-corrected chi connectivity index (χ0v) is 13.4. The van der Waals surface area contributed by atoms with Gasteiger partial charge in [-0.05, 0) is 37.0 Å². The van der Waals surface area contributed by atoms with Crippen LogP contribution in [-0.4, -0.2) is 30.7 Å². The maximum absolute atomic E-state index is 12.6. The van der Waals surface area contributed by atoms with E-state index in [2.05, 4.69) is 17.2 Å². The van der Waals surface area contributed by atoms with E-state index in [4.69, 9.17) is 29.2 Å². The Hall–Kier alpha value is -2.14. The molecule has 5 heteroatoms. The van der Waals surface area contributed by atoms with Gasteiger partial charge < -0.3 is 15.0 Å². The molecule has 0 bridgehead atoms. The Morgan fingerprint density at radius 3 is 2.83 bits per heavy atom. The lowest BCUT2D eigenvalue weighted by atomic mass is 9.81. The monoisotopic (exact) mass is 328 g/mol. The van der Waals surface area contributed by atoms with Gasteiger partial charge in [-0.1, -0.05) is 23.4 Å². The van der Waals surface area contributed by atoms with E-state index in [-0.39, 0.29) is 25.1 Å². The lowest BCUT2D eigenvalue weighted by Gasteiger charge is -2.47. The molecular weight excluding hydrogens is 312 g/mol. The van der Waals surface area contributed by atoms with Crippen LogP contribution in [0.5, 0.6) is 0 Å². The summed E-state index contributed by atoms with van der Waals surface area (Å²) >= 11 is 6.21. The SMILES string of the molecule is C#CCOCC1(C2CC2)c2cc(Cl)ccc2NC(=O)N1CC#C. The van der Waals surface area contributed by atoms with E-state index in [9.17, 15) is 4.79 Å². The molecule has 1 unspecified atom stereocenters. The molecule has 0 radical (unpaired) electrons. The Bertz CT molecular complexity index is 715. The molecule has 2 aliphatic rings. The summed E-state index contributed by atoms with van der Waals surface area (Å²) < 4.78 is 5.68. The molecule has 23 heavy (non-hydrogen) atoms. The Kier molecular flexibility index (Phi) is 4.22. The highest BCUT2D eigenvalue weighted by Crippen LogP contribution is 2.53. The fraction of sp³-hybridized carbons (Fsp3) is 0.389. The molecule has 1 aromatic rings. The molecule has 1 heterocycles. The molecule has 118 valence electrons. The minimum Gasteiger partial charge on any atom is -0.366 e. The number of hydrogen-bond acceptors (Lipinski definition) is 2. The smallest absolute Gasteiger partial charge is 0.323 e. The molecule has 3 rings (SSSR count). The van der Waals surface area contributed by atoms with E-state index in [1.54, 1.807) is 11.0 Å². The number of rotatable bonds is 5. The summed E-state index contributed by atoms with van der Waals surface area (Å²) in [5.74, 6) is 5.34. The Morgan fingerprint density at radius 2 is 2.17 bits per heavy atom. The molecule has 1 atom stereocenters. The van der Waals surface area contributed by atoms with E-state index in [0.29, 0.717) is 11.6 Å². The molecule has 1 aliphatic carbocycles. The second-order valence-corrected chi connectivity index (χ2v) is 6.24. The van der Waals surface area contributed by atoms with Crippen LogP contribution in [0.15, 0.2) is 18.2 Å². The van der Waals surface area contributed by atoms with Gasteiger partial charge in [-0.25, -0.2) is 4.79 Å². The number of anilines is 1. The fourth-order valence-electron chi connectivity index (χ4n) is 3.34. The molecule has 1 aliphatic heterocycles. The van der Waals surface area contributed by atoms with Crippen molar-refractivity contribution >= 4 is 23.3 Å². The number of amides is 2. The van der Waals surface area contributed by atoms with Crippen LogP contribution >= 0.6 is 11.6 Å². The molecule has 1 saturated carbocycles. The van der Waals surface area contributed by atoms with Crippen LogP contribution < -0.4 is 5.32 Å². The number of benzene rings is 1. The Morgan fingerprint density at radius 1 is 1.39 bits per heavy atom. The van der Waals surface area contributed by atoms with E-state index in [1.807, 2.05) is 12.1 Å². The van der Waals surface area contributed by atoms with Gasteiger partial charge in [0.15, 0.2) is 0 Å². The number of terminal acetylenes is 2. The lowest BCUT2D eigenvalue weighted by Crippen LogP contribution is -2.58. The number of ether oxygens (including phenoxy) is 1. The highest BCUT2D eigenvalue weighted by molar-refractivity contribution is 6.30. The fourth-order valence-corrected chi connectivity index (χ4v) is 3.51. The highest BCUT2D eigenvalue weighted by Gasteiger charge is 2.55. The summed E-state index contributed by atoms with van der Waals surface area (Å²) in [5.41, 5.74) is 1.08. The molecule has 0 aromatic heterocycles. The Labute approximate surface area is 141 Å². The van der Waals surface area contributed by atoms with Crippen molar-refractivity contribution in [3.8, 4) is 24.7 Å². The van der Waals surface area contributed by atoms with Crippen molar-refractivity contribution in [3.63, 3.8) is 0 Å². The van der Waals surface area contributed by atoms with Gasteiger partial charge in [0.2, 0.25) is 0 Å². The number of fused-ring (bicyclic) bond motifs is 1. The summed E-state index contributed by atoms with van der Waals surface area (Å²) in [6.07, 6.45) is 12.8. The third-order valence-corrected chi connectivity index (χ3v) is 4.66. The maximum atomic E-state index is 12.6. The number of carbonyl (C=O) groups excluding carboxylic acids is 1. The molecular formula is C18H17ClN2O2. The minimum atomic E-state index is -0.619. The number of carbonyl (C=O) groups is 1. The molecule has 4 nitrogen and oxygen atoms in total. The first-order valence-electron chi connectivity index (χ1n) is 7.47. The second kappa shape index (κ2) is 6.16. The largest absolute Gasteiger partial charge is 0.366 e. The summed E-state index contributed by atoms with van der Waals surface area (Å²) in [6, 6.07) is 5.25. The predicted molar refractivity (Wildman–Crippen MR) is 90.1 cm³/mol. The predicted octanol–water partition coefficient (Wildman–Crippen LogP) is 3.08. The first-order valence-corrected chi connectivity index (χ1v) is 7.84. The second-order valence-electron chi connectivity index (χ2n) is 5.81. The maximum Gasteiger partial charge on any atom is 0.323 e. The average Bonchev–Trinajstić information content (AvgIpc) is 3.36. The van der Waals surface area contributed by atoms with Crippen molar-refractivity contribution in [1.29, 1.82) is 0 Å². The van der Waals surface area contributed by atoms with E-state index < -0.39 is 5.54 Å². The van der Waals surface area contributed by atoms with Crippen LogP contribution in [0.25, 0.3) is 0 Å². The van der Waals surface area contributed by atoms with Crippen molar-refractivity contribution in [2.45, 2.75) is 18.4 Å². The zero-order valence-electron chi connectivity index (χ0n) is 12.6. The Balaban J connectivity index is 2.13. The highest BCUT2D eigenvalue weighted by atomic mass is 35.5. The van der Waals surface area contributed by atoms with Gasteiger partial charge in [0.05, 0.1) is 18.7 Å². The zero-order chi connectivity index (χ0) is 16.4. The van der Waals surface area contributed by atoms with Crippen LogP contribution in [0.4, 0.5) is 10.5 Å². The summed E-state index contributed by atoms with van der Waals surface area (Å²) in [4.78, 5) is 14.3. The number of nitrogens with zero attached hydrogens (tertiary/aromatic N) is 1. The van der Waals surface area contributed by atoms with Crippen molar-refractivity contribution < 1.29 is 9.53 Å². The summed E-state index contributed by atoms with van der Waals surface area (Å²) in [7, 11) is 0. The van der Waals surface area contributed by atoms with Crippen molar-refractivity contribution in [1.82, 2.24) is 4.90 Å². The topological polar surface area (TPSA) is 41.6 Å². The lowest BCUT2D eigenvalue weighted by molar-refractivity contribution is 0.0113. The summed E-state index contributed by atoms with van der Waals surface area (Å²) in [6.45, 7) is 0.702. The van der Waals surface area contributed by atoms with Gasteiger partial charge >= 0.3 is 6.03 Å². The number of halogens is 1. The van der Waals surface area contributed by atoms with Crippen LogP contribution in [-0.2, 0) is 10.3 Å². The number of nitrogens with one attached hydrogen (secondary N) is 1. The molecule has 1 aromatic carbocycles. The third-order valence-electron chi connectivity index (χ3n) is 4.43. The van der Waals surface area contributed by atoms with E-state index in [1.165, 1.54) is 0 Å². The average molecular weight is 329 g/mol. The molecule has 0 saturated heterocycles. The minimum absolute atomic E-state index is 0.190. The van der Waals surface area contributed by atoms with Gasteiger partial charge in [0.25, 0.3) is 0 Å². The van der Waals surface area contributed by atoms with Crippen LogP contribution in [0.3, 0.4) is 0 Å². The van der Waals surface area contributed by atoms with Gasteiger partial charge in [-0.15, -0.1) is 12.8 Å². The van der Waals surface area contributed by atoms with Crippen molar-refractivity contribution in [2.75, 3.05) is 25.1 Å². The normalized spacial score (nSPS) is 22.7. The van der Waals surface area contributed by atoms with Crippen LogP contribution in [0.2, 0.25) is 5.02 Å². The molecule has 1 fully saturated rings. The van der Waals surface area contributed by atoms with E-state index in [0.717, 1.165) is 24.1 Å². The van der Waals surface area contributed by atoms with Gasteiger partial charge in [-0.3, -0.25) is 0 Å². The van der Waals surface area contributed by atoms with Crippen LogP contribution in [0, 0.1) is 30.6 Å². The van der Waals surface area contributed by atoms with E-state index >= 15 is 0 Å². The first kappa shape index (κ1) is 15.7. The standard InChI is InChI=1S/C18H17ClN2O2/c1-3-9-21-17(22)20-16-8-7-14(19)11-15(16)18(21,13-5-6-13)12-23-10-4-2/h1-2,7-8,11,13H,5-6,9-10,12H2,(H,20,22). The number of hydrogen-bond donors (Lipinski definition) is 1. The van der Waals surface area contributed by atoms with Gasteiger partial charge in [0, 0.05) is 16.3 Å². The third kappa shape index (κ3) is 2.65. The van der Waals surface area contributed by atoms with Crippen LogP contribution in [0.1, 0.15) is 18.4 Å². The van der Waals surface area contributed by atoms with Gasteiger partial charge in [-0.2, -0.15) is 0 Å². The molecule has 0 spiro atoms. The summed E-state index contributed by atoms with van der Waals surface area (Å²) in [5, 5.41) is 3.50. The van der Waals surface area contributed by atoms with Gasteiger partial charge in [0.1, 0.15) is 6.61 Å².